The molecule has 0 aliphatic carbocycles. The standard InChI is InChI=1S/C32H31NO7/c1-3-5-8-15-37-24-14-12-21(17-27(24)36-4-2)29-28-30(34)22-9-6-7-10-23(22)40-31(28)32(35)33(29)18-20-11-13-25-26(16-20)39-19-38-25/h6-7,9-14,16-17,29H,3-5,8,15,18-19H2,1-2H3/t29-/m0/s1. The quantitative estimate of drug-likeness (QED) is 0.220. The summed E-state index contributed by atoms with van der Waals surface area (Å²) in [6.07, 6.45) is 3.14. The summed E-state index contributed by atoms with van der Waals surface area (Å²) in [5.74, 6) is 2.21. The molecule has 2 aliphatic heterocycles. The second kappa shape index (κ2) is 11.0. The fourth-order valence-corrected chi connectivity index (χ4v) is 5.33. The number of unbranched alkanes of at least 4 members (excludes halogenated alkanes) is 2. The molecule has 0 saturated heterocycles. The smallest absolute Gasteiger partial charge is 0.291 e. The number of benzene rings is 3. The second-order valence-corrected chi connectivity index (χ2v) is 9.89. The highest BCUT2D eigenvalue weighted by atomic mass is 16.7. The predicted octanol–water partition coefficient (Wildman–Crippen LogP) is 6.23. The van der Waals surface area contributed by atoms with Gasteiger partial charge in [0, 0.05) is 6.54 Å². The maximum atomic E-state index is 13.9. The van der Waals surface area contributed by atoms with Gasteiger partial charge in [0.15, 0.2) is 28.4 Å². The first-order valence-corrected chi connectivity index (χ1v) is 13.7. The molecule has 2 aliphatic rings. The van der Waals surface area contributed by atoms with E-state index in [1.165, 1.54) is 0 Å². The summed E-state index contributed by atoms with van der Waals surface area (Å²) in [5, 5.41) is 0.435. The summed E-state index contributed by atoms with van der Waals surface area (Å²) < 4.78 is 29.1. The summed E-state index contributed by atoms with van der Waals surface area (Å²) in [7, 11) is 0. The van der Waals surface area contributed by atoms with Crippen LogP contribution in [0.3, 0.4) is 0 Å². The van der Waals surface area contributed by atoms with Crippen molar-refractivity contribution in [3.8, 4) is 23.0 Å². The van der Waals surface area contributed by atoms with Crippen LogP contribution in [0.2, 0.25) is 0 Å². The number of amides is 1. The van der Waals surface area contributed by atoms with Crippen LogP contribution in [0.1, 0.15) is 66.4 Å². The molecule has 8 heteroatoms. The fraction of sp³-hybridized carbons (Fsp3) is 0.312. The summed E-state index contributed by atoms with van der Waals surface area (Å²) in [6.45, 7) is 5.49. The van der Waals surface area contributed by atoms with Crippen LogP contribution in [0.25, 0.3) is 11.0 Å². The molecule has 0 N–H and O–H groups in total. The van der Waals surface area contributed by atoms with Gasteiger partial charge < -0.3 is 28.3 Å². The number of carbonyl (C=O) groups is 1. The van der Waals surface area contributed by atoms with Gasteiger partial charge in [-0.2, -0.15) is 0 Å². The van der Waals surface area contributed by atoms with Gasteiger partial charge in [-0.15, -0.1) is 0 Å². The van der Waals surface area contributed by atoms with Gasteiger partial charge in [0.1, 0.15) is 5.58 Å². The molecule has 4 aromatic rings. The zero-order valence-corrected chi connectivity index (χ0v) is 22.6. The van der Waals surface area contributed by atoms with Crippen LogP contribution < -0.4 is 24.4 Å². The highest BCUT2D eigenvalue weighted by molar-refractivity contribution is 5.99. The third kappa shape index (κ3) is 4.63. The number of rotatable bonds is 10. The van der Waals surface area contributed by atoms with Gasteiger partial charge in [0.05, 0.1) is 30.2 Å². The molecule has 6 rings (SSSR count). The molecule has 0 fully saturated rings. The van der Waals surface area contributed by atoms with Crippen LogP contribution in [0.15, 0.2) is 69.9 Å². The number of hydrogen-bond acceptors (Lipinski definition) is 7. The first kappa shape index (κ1) is 25.8. The van der Waals surface area contributed by atoms with Crippen molar-refractivity contribution in [2.24, 2.45) is 0 Å². The van der Waals surface area contributed by atoms with E-state index in [9.17, 15) is 9.59 Å². The molecule has 1 atom stereocenters. The highest BCUT2D eigenvalue weighted by Gasteiger charge is 2.43. The molecular formula is C32H31NO7. The number of fused-ring (bicyclic) bond motifs is 3. The monoisotopic (exact) mass is 541 g/mol. The van der Waals surface area contributed by atoms with E-state index in [2.05, 4.69) is 6.92 Å². The lowest BCUT2D eigenvalue weighted by molar-refractivity contribution is 0.0714. The zero-order chi connectivity index (χ0) is 27.6. The Kier molecular flexibility index (Phi) is 7.07. The molecule has 0 radical (unpaired) electrons. The van der Waals surface area contributed by atoms with Gasteiger partial charge in [-0.05, 0) is 60.9 Å². The molecule has 0 unspecified atom stereocenters. The van der Waals surface area contributed by atoms with Crippen molar-refractivity contribution in [2.45, 2.75) is 45.7 Å². The lowest BCUT2D eigenvalue weighted by atomic mass is 9.97. The van der Waals surface area contributed by atoms with Crippen LogP contribution >= 0.6 is 0 Å². The Hall–Kier alpha value is -4.46. The third-order valence-corrected chi connectivity index (χ3v) is 7.25. The summed E-state index contributed by atoms with van der Waals surface area (Å²) in [5.41, 5.74) is 2.06. The van der Waals surface area contributed by atoms with E-state index in [-0.39, 0.29) is 30.4 Å². The van der Waals surface area contributed by atoms with Crippen LogP contribution in [0.4, 0.5) is 0 Å². The largest absolute Gasteiger partial charge is 0.490 e. The number of hydrogen-bond donors (Lipinski definition) is 0. The van der Waals surface area contributed by atoms with Crippen LogP contribution in [-0.4, -0.2) is 30.8 Å². The van der Waals surface area contributed by atoms with E-state index in [1.54, 1.807) is 29.2 Å². The van der Waals surface area contributed by atoms with Crippen molar-refractivity contribution in [3.05, 3.63) is 93.3 Å². The van der Waals surface area contributed by atoms with E-state index in [1.807, 2.05) is 43.3 Å². The first-order chi connectivity index (χ1) is 19.6. The van der Waals surface area contributed by atoms with Gasteiger partial charge in [0.2, 0.25) is 12.6 Å². The molecule has 3 heterocycles. The van der Waals surface area contributed by atoms with Gasteiger partial charge in [0.25, 0.3) is 5.91 Å². The average molecular weight is 542 g/mol. The molecule has 8 nitrogen and oxygen atoms in total. The van der Waals surface area contributed by atoms with Crippen molar-refractivity contribution < 1.29 is 28.2 Å². The van der Waals surface area contributed by atoms with E-state index in [4.69, 9.17) is 23.4 Å². The minimum atomic E-state index is -0.679. The van der Waals surface area contributed by atoms with E-state index >= 15 is 0 Å². The van der Waals surface area contributed by atoms with Crippen molar-refractivity contribution in [3.63, 3.8) is 0 Å². The molecular weight excluding hydrogens is 510 g/mol. The first-order valence-electron chi connectivity index (χ1n) is 13.7. The van der Waals surface area contributed by atoms with E-state index in [0.717, 1.165) is 30.4 Å². The number of carbonyl (C=O) groups excluding carboxylic acids is 1. The number of para-hydroxylation sites is 1. The molecule has 40 heavy (non-hydrogen) atoms. The Morgan fingerprint density at radius 2 is 1.75 bits per heavy atom. The maximum Gasteiger partial charge on any atom is 0.291 e. The minimum absolute atomic E-state index is 0.0623. The summed E-state index contributed by atoms with van der Waals surface area (Å²) in [4.78, 5) is 29.4. The molecule has 0 saturated carbocycles. The lowest BCUT2D eigenvalue weighted by Crippen LogP contribution is -2.29. The molecule has 3 aromatic carbocycles. The van der Waals surface area contributed by atoms with Gasteiger partial charge in [-0.3, -0.25) is 9.59 Å². The maximum absolute atomic E-state index is 13.9. The Labute approximate surface area is 232 Å². The topological polar surface area (TPSA) is 87.4 Å². The number of ether oxygens (including phenoxy) is 4. The summed E-state index contributed by atoms with van der Waals surface area (Å²) in [6, 6.07) is 17.5. The zero-order valence-electron chi connectivity index (χ0n) is 22.6. The molecule has 1 amide bonds. The second-order valence-electron chi connectivity index (χ2n) is 9.89. The molecule has 0 spiro atoms. The summed E-state index contributed by atoms with van der Waals surface area (Å²) >= 11 is 0. The Balaban J connectivity index is 1.44. The van der Waals surface area contributed by atoms with E-state index < -0.39 is 6.04 Å². The molecule has 0 bridgehead atoms. The van der Waals surface area contributed by atoms with Crippen molar-refractivity contribution in [2.75, 3.05) is 20.0 Å². The number of nitrogens with zero attached hydrogens (tertiary/aromatic N) is 1. The SMILES string of the molecule is CCCCCOc1ccc([C@H]2c3c(oc4ccccc4c3=O)C(=O)N2Cc2ccc3c(c2)OCO3)cc1OCC. The Bertz CT molecular complexity index is 1630. The highest BCUT2D eigenvalue weighted by Crippen LogP contribution is 2.42. The van der Waals surface area contributed by atoms with E-state index in [0.29, 0.717) is 52.7 Å². The van der Waals surface area contributed by atoms with Crippen LogP contribution in [-0.2, 0) is 6.54 Å². The fourth-order valence-electron chi connectivity index (χ4n) is 5.33. The normalized spacial score (nSPS) is 15.5. The van der Waals surface area contributed by atoms with Crippen LogP contribution in [0.5, 0.6) is 23.0 Å². The van der Waals surface area contributed by atoms with Gasteiger partial charge in [-0.25, -0.2) is 0 Å². The minimum Gasteiger partial charge on any atom is -0.490 e. The van der Waals surface area contributed by atoms with Gasteiger partial charge in [-0.1, -0.05) is 44.0 Å². The molecule has 1 aromatic heterocycles. The predicted molar refractivity (Wildman–Crippen MR) is 149 cm³/mol. The lowest BCUT2D eigenvalue weighted by Gasteiger charge is -2.26. The van der Waals surface area contributed by atoms with Crippen molar-refractivity contribution in [1.82, 2.24) is 4.90 Å². The Morgan fingerprint density at radius 1 is 0.900 bits per heavy atom. The Morgan fingerprint density at radius 3 is 2.60 bits per heavy atom. The van der Waals surface area contributed by atoms with Crippen molar-refractivity contribution >= 4 is 16.9 Å². The molecule has 206 valence electrons. The van der Waals surface area contributed by atoms with Gasteiger partial charge >= 0.3 is 0 Å². The third-order valence-electron chi connectivity index (χ3n) is 7.25. The average Bonchev–Trinajstić information content (AvgIpc) is 3.54. The van der Waals surface area contributed by atoms with Crippen molar-refractivity contribution in [1.29, 1.82) is 0 Å². The van der Waals surface area contributed by atoms with Crippen LogP contribution in [0, 0.1) is 0 Å².